The third kappa shape index (κ3) is 3.06. The fourth-order valence-electron chi connectivity index (χ4n) is 2.84. The van der Waals surface area contributed by atoms with Gasteiger partial charge in [0, 0.05) is 25.4 Å². The maximum Gasteiger partial charge on any atom is 0.412 e. The van der Waals surface area contributed by atoms with Gasteiger partial charge in [-0.2, -0.15) is 10.2 Å². The molecule has 3 aromatic heterocycles. The first-order chi connectivity index (χ1) is 12.6. The lowest BCUT2D eigenvalue weighted by molar-refractivity contribution is 0.122. The predicted molar refractivity (Wildman–Crippen MR) is 93.6 cm³/mol. The summed E-state index contributed by atoms with van der Waals surface area (Å²) in [5.74, 6) is 0. The number of carbonyl (C=O) groups excluding carboxylic acids is 1. The predicted octanol–water partition coefficient (Wildman–Crippen LogP) is 1.29. The average Bonchev–Trinajstić information content (AvgIpc) is 3.25. The molecule has 0 radical (unpaired) electrons. The van der Waals surface area contributed by atoms with Crippen molar-refractivity contribution in [2.45, 2.75) is 12.5 Å². The van der Waals surface area contributed by atoms with Crippen LogP contribution >= 0.6 is 11.6 Å². The largest absolute Gasteiger partial charge is 0.444 e. The molecule has 134 valence electrons. The minimum atomic E-state index is -0.590. The monoisotopic (exact) mass is 375 g/mol. The lowest BCUT2D eigenvalue weighted by Gasteiger charge is -2.18. The zero-order chi connectivity index (χ0) is 18.1. The van der Waals surface area contributed by atoms with Gasteiger partial charge in [-0.1, -0.05) is 11.6 Å². The van der Waals surface area contributed by atoms with Gasteiger partial charge >= 0.3 is 6.09 Å². The van der Waals surface area contributed by atoms with E-state index in [2.05, 4.69) is 25.6 Å². The van der Waals surface area contributed by atoms with Crippen molar-refractivity contribution in [3.63, 3.8) is 0 Å². The van der Waals surface area contributed by atoms with E-state index in [0.717, 1.165) is 0 Å². The van der Waals surface area contributed by atoms with Crippen molar-refractivity contribution < 1.29 is 9.53 Å². The van der Waals surface area contributed by atoms with Crippen LogP contribution in [0.4, 0.5) is 16.2 Å². The van der Waals surface area contributed by atoms with E-state index in [0.29, 0.717) is 36.5 Å². The molecular weight excluding hydrogens is 362 g/mol. The first-order valence-electron chi connectivity index (χ1n) is 7.86. The molecule has 0 bridgehead atoms. The highest BCUT2D eigenvalue weighted by Gasteiger charge is 2.28. The van der Waals surface area contributed by atoms with E-state index in [1.807, 2.05) is 4.90 Å². The number of aromatic nitrogens is 5. The summed E-state index contributed by atoms with van der Waals surface area (Å²) in [7, 11) is 0. The molecule has 4 rings (SSSR count). The minimum Gasteiger partial charge on any atom is -0.444 e. The number of nitrogens with one attached hydrogen (secondary N) is 2. The molecule has 1 atom stereocenters. The Hall–Kier alpha value is -3.14. The van der Waals surface area contributed by atoms with Gasteiger partial charge in [-0.05, 0) is 6.07 Å². The Morgan fingerprint density at radius 3 is 3.19 bits per heavy atom. The number of nitrogens with zero attached hydrogens (tertiary/aromatic N) is 5. The topological polar surface area (TPSA) is 118 Å². The second kappa shape index (κ2) is 6.64. The molecule has 4 heterocycles. The highest BCUT2D eigenvalue weighted by Crippen LogP contribution is 2.26. The van der Waals surface area contributed by atoms with Gasteiger partial charge in [0.2, 0.25) is 0 Å². The summed E-state index contributed by atoms with van der Waals surface area (Å²) in [6.45, 7) is 1.02. The summed E-state index contributed by atoms with van der Waals surface area (Å²) in [6.07, 6.45) is 6.02. The summed E-state index contributed by atoms with van der Waals surface area (Å²) < 4.78 is 7.00. The van der Waals surface area contributed by atoms with Gasteiger partial charge in [-0.3, -0.25) is 10.1 Å². The van der Waals surface area contributed by atoms with Gasteiger partial charge < -0.3 is 9.64 Å². The van der Waals surface area contributed by atoms with Crippen LogP contribution in [0.1, 0.15) is 6.42 Å². The van der Waals surface area contributed by atoms with Crippen LogP contribution in [-0.4, -0.2) is 50.1 Å². The van der Waals surface area contributed by atoms with Crippen LogP contribution in [0.5, 0.6) is 0 Å². The number of halogens is 1. The van der Waals surface area contributed by atoms with Gasteiger partial charge in [-0.25, -0.2) is 19.4 Å². The zero-order valence-corrected chi connectivity index (χ0v) is 14.2. The summed E-state index contributed by atoms with van der Waals surface area (Å²) in [6, 6.07) is 1.74. The first kappa shape index (κ1) is 16.3. The van der Waals surface area contributed by atoms with E-state index in [-0.39, 0.29) is 11.1 Å². The van der Waals surface area contributed by atoms with Crippen molar-refractivity contribution in [3.05, 3.63) is 46.2 Å². The zero-order valence-electron chi connectivity index (χ0n) is 13.4. The molecule has 2 N–H and O–H groups in total. The molecule has 1 amide bonds. The Balaban J connectivity index is 1.40. The third-order valence-electron chi connectivity index (χ3n) is 4.05. The second-order valence-electron chi connectivity index (χ2n) is 5.73. The number of rotatable bonds is 3. The molecule has 0 saturated carbocycles. The maximum absolute atomic E-state index is 12.2. The minimum absolute atomic E-state index is 0.0718. The lowest BCUT2D eigenvalue weighted by Crippen LogP contribution is -2.28. The van der Waals surface area contributed by atoms with E-state index >= 15 is 0 Å². The van der Waals surface area contributed by atoms with Gasteiger partial charge in [0.1, 0.15) is 16.8 Å². The van der Waals surface area contributed by atoms with Crippen LogP contribution in [0.3, 0.4) is 0 Å². The summed E-state index contributed by atoms with van der Waals surface area (Å²) in [4.78, 5) is 29.7. The third-order valence-corrected chi connectivity index (χ3v) is 4.42. The van der Waals surface area contributed by atoms with Crippen LogP contribution in [0.2, 0.25) is 5.02 Å². The standard InChI is InChI=1S/C15H14ClN7O3/c16-12-11(7-18-21-14(12)24)22-5-2-9(8-22)26-15(25)20-10-6-19-23-4-1-3-17-13(10)23/h1,3-4,6-7,9H,2,5,8H2,(H,20,25)(H,21,24)/t9-/m1/s1. The van der Waals surface area contributed by atoms with Gasteiger partial charge in [0.15, 0.2) is 5.65 Å². The molecule has 1 fully saturated rings. The van der Waals surface area contributed by atoms with Crippen LogP contribution < -0.4 is 15.8 Å². The lowest BCUT2D eigenvalue weighted by atomic mass is 10.3. The fraction of sp³-hybridized carbons (Fsp3) is 0.267. The number of fused-ring (bicyclic) bond motifs is 1. The van der Waals surface area contributed by atoms with E-state index in [9.17, 15) is 9.59 Å². The molecule has 0 unspecified atom stereocenters. The molecule has 0 spiro atoms. The van der Waals surface area contributed by atoms with Gasteiger partial charge in [-0.15, -0.1) is 0 Å². The molecule has 0 aromatic carbocycles. The summed E-state index contributed by atoms with van der Waals surface area (Å²) in [5.41, 5.74) is 1.06. The number of hydrogen-bond donors (Lipinski definition) is 2. The van der Waals surface area contributed by atoms with Gasteiger partial charge in [0.25, 0.3) is 5.56 Å². The van der Waals surface area contributed by atoms with E-state index in [4.69, 9.17) is 16.3 Å². The Bertz CT molecular complexity index is 1020. The highest BCUT2D eigenvalue weighted by atomic mass is 35.5. The Kier molecular flexibility index (Phi) is 4.17. The highest BCUT2D eigenvalue weighted by molar-refractivity contribution is 6.33. The summed E-state index contributed by atoms with van der Waals surface area (Å²) in [5, 5.41) is 12.8. The van der Waals surface area contributed by atoms with Crippen molar-refractivity contribution in [2.75, 3.05) is 23.3 Å². The smallest absolute Gasteiger partial charge is 0.412 e. The molecule has 1 aliphatic rings. The van der Waals surface area contributed by atoms with Crippen molar-refractivity contribution >= 4 is 34.7 Å². The molecule has 11 heteroatoms. The number of carbonyl (C=O) groups is 1. The molecular formula is C15H14ClN7O3. The molecule has 10 nitrogen and oxygen atoms in total. The summed E-state index contributed by atoms with van der Waals surface area (Å²) >= 11 is 6.02. The van der Waals surface area contributed by atoms with Crippen LogP contribution in [-0.2, 0) is 4.74 Å². The number of H-pyrrole nitrogens is 1. The normalized spacial score (nSPS) is 16.8. The van der Waals surface area contributed by atoms with E-state index in [1.54, 1.807) is 23.0 Å². The van der Waals surface area contributed by atoms with Crippen LogP contribution in [0.25, 0.3) is 5.65 Å². The maximum atomic E-state index is 12.2. The van der Waals surface area contributed by atoms with Crippen molar-refractivity contribution in [2.24, 2.45) is 0 Å². The van der Waals surface area contributed by atoms with Crippen LogP contribution in [0, 0.1) is 0 Å². The number of amides is 1. The molecule has 1 saturated heterocycles. The fourth-order valence-corrected chi connectivity index (χ4v) is 3.05. The number of hydrogen-bond acceptors (Lipinski definition) is 7. The SMILES string of the molecule is O=C(Nc1cnn2cccnc12)O[C@@H]1CCN(c2cn[nH]c(=O)c2Cl)C1. The molecule has 3 aromatic rings. The van der Waals surface area contributed by atoms with Crippen molar-refractivity contribution in [1.82, 2.24) is 24.8 Å². The molecule has 26 heavy (non-hydrogen) atoms. The van der Waals surface area contributed by atoms with Crippen molar-refractivity contribution in [3.8, 4) is 0 Å². The van der Waals surface area contributed by atoms with Crippen molar-refractivity contribution in [1.29, 1.82) is 0 Å². The Morgan fingerprint density at radius 2 is 2.31 bits per heavy atom. The van der Waals surface area contributed by atoms with Gasteiger partial charge in [0.05, 0.1) is 24.6 Å². The van der Waals surface area contributed by atoms with Crippen LogP contribution in [0.15, 0.2) is 35.6 Å². The Labute approximate surface area is 151 Å². The second-order valence-corrected chi connectivity index (χ2v) is 6.11. The Morgan fingerprint density at radius 1 is 1.42 bits per heavy atom. The average molecular weight is 376 g/mol. The quantitative estimate of drug-likeness (QED) is 0.708. The van der Waals surface area contributed by atoms with E-state index in [1.165, 1.54) is 12.4 Å². The van der Waals surface area contributed by atoms with E-state index < -0.39 is 11.7 Å². The number of ether oxygens (including phenoxy) is 1. The first-order valence-corrected chi connectivity index (χ1v) is 8.24. The molecule has 0 aliphatic carbocycles. The number of anilines is 2. The number of aromatic amines is 1. The molecule has 1 aliphatic heterocycles.